The third-order valence-electron chi connectivity index (χ3n) is 6.03. The van der Waals surface area contributed by atoms with Crippen molar-refractivity contribution in [2.45, 2.75) is 69.7 Å². The summed E-state index contributed by atoms with van der Waals surface area (Å²) in [6, 6.07) is 0. The molecular formula is C20H37N5O10P2. The molecule has 0 aliphatic carbocycles. The van der Waals surface area contributed by atoms with Gasteiger partial charge in [0.1, 0.15) is 37.0 Å². The molecule has 37 heavy (non-hydrogen) atoms. The molecule has 0 saturated carbocycles. The highest BCUT2D eigenvalue weighted by Gasteiger charge is 2.57. The predicted molar refractivity (Wildman–Crippen MR) is 135 cm³/mol. The molecule has 1 fully saturated rings. The summed E-state index contributed by atoms with van der Waals surface area (Å²) in [5, 5.41) is 28.7. The van der Waals surface area contributed by atoms with Gasteiger partial charge in [-0.2, -0.15) is 0 Å². The summed E-state index contributed by atoms with van der Waals surface area (Å²) in [5.41, 5.74) is 5.15. The molecule has 5 atom stereocenters. The first-order chi connectivity index (χ1) is 17.5. The fourth-order valence-electron chi connectivity index (χ4n) is 4.44. The van der Waals surface area contributed by atoms with Crippen molar-refractivity contribution in [3.8, 4) is 0 Å². The topological polar surface area (TPSA) is 207 Å². The third kappa shape index (κ3) is 5.92. The van der Waals surface area contributed by atoms with Gasteiger partial charge in [0.25, 0.3) is 0 Å². The van der Waals surface area contributed by atoms with Gasteiger partial charge in [-0.3, -0.25) is 14.1 Å². The maximum atomic E-state index is 14.0. The molecule has 0 spiro atoms. The van der Waals surface area contributed by atoms with E-state index in [1.54, 1.807) is 27.7 Å². The standard InChI is InChI=1S/C20H37N5O10P2/c1-5-31-36(29,32-6-2)14(37(30,33-7-3)34-8-4)9-20(21)17-18(22-11-24-20)25(12-23-17)19-16(28)15(27)13(10-26)35-19/h11,13-16,19,26-28H,5-10,12,21H2,1-4H3/t13-,15-,16-,19-,20?/m1/s1. The third-order valence-corrected chi connectivity index (χ3v) is 12.0. The molecule has 1 saturated heterocycles. The van der Waals surface area contributed by atoms with Gasteiger partial charge in [-0.05, 0) is 27.7 Å². The number of amidine groups is 1. The Hall–Kier alpha value is -1.09. The number of hydrogen-bond donors (Lipinski definition) is 4. The second-order valence-corrected chi connectivity index (χ2v) is 13.3. The van der Waals surface area contributed by atoms with E-state index in [1.807, 2.05) is 0 Å². The maximum Gasteiger partial charge on any atom is 0.345 e. The summed E-state index contributed by atoms with van der Waals surface area (Å²) >= 11 is 0. The summed E-state index contributed by atoms with van der Waals surface area (Å²) < 4.78 is 55.7. The van der Waals surface area contributed by atoms with E-state index < -0.39 is 57.4 Å². The van der Waals surface area contributed by atoms with E-state index in [2.05, 4.69) is 15.0 Å². The monoisotopic (exact) mass is 569 g/mol. The summed E-state index contributed by atoms with van der Waals surface area (Å²) in [6.45, 7) is 5.93. The number of aliphatic hydroxyl groups is 3. The van der Waals surface area contributed by atoms with Crippen LogP contribution in [0, 0.1) is 0 Å². The van der Waals surface area contributed by atoms with Gasteiger partial charge in [-0.1, -0.05) is 0 Å². The van der Waals surface area contributed by atoms with Crippen molar-refractivity contribution in [2.24, 2.45) is 20.7 Å². The number of fused-ring (bicyclic) bond motifs is 1. The van der Waals surface area contributed by atoms with Gasteiger partial charge < -0.3 is 48.8 Å². The first-order valence-electron chi connectivity index (χ1n) is 12.2. The minimum absolute atomic E-state index is 0.000439. The first-order valence-corrected chi connectivity index (χ1v) is 15.4. The van der Waals surface area contributed by atoms with Crippen molar-refractivity contribution in [1.29, 1.82) is 0 Å². The second kappa shape index (κ2) is 12.4. The van der Waals surface area contributed by atoms with E-state index in [1.165, 1.54) is 11.2 Å². The normalized spacial score (nSPS) is 30.1. The quantitative estimate of drug-likeness (QED) is 0.211. The number of ether oxygens (including phenoxy) is 1. The van der Waals surface area contributed by atoms with E-state index in [4.69, 9.17) is 28.6 Å². The molecule has 15 nitrogen and oxygen atoms in total. The Balaban J connectivity index is 1.97. The van der Waals surface area contributed by atoms with E-state index in [0.29, 0.717) is 0 Å². The summed E-state index contributed by atoms with van der Waals surface area (Å²) in [4.78, 5) is 14.4. The van der Waals surface area contributed by atoms with E-state index >= 15 is 0 Å². The average molecular weight is 569 g/mol. The number of nitrogens with two attached hydrogens (primary N) is 1. The molecule has 1 unspecified atom stereocenters. The van der Waals surface area contributed by atoms with Crippen LogP contribution in [0.3, 0.4) is 0 Å². The number of hydrogen-bond acceptors (Lipinski definition) is 15. The molecule has 0 amide bonds. The van der Waals surface area contributed by atoms with Crippen LogP contribution in [0.5, 0.6) is 0 Å². The van der Waals surface area contributed by atoms with Gasteiger partial charge in [-0.25, -0.2) is 9.98 Å². The second-order valence-electron chi connectivity index (χ2n) is 8.40. The van der Waals surface area contributed by atoms with Crippen LogP contribution in [-0.4, -0.2) is 113 Å². The van der Waals surface area contributed by atoms with Crippen LogP contribution in [0.25, 0.3) is 0 Å². The first kappa shape index (κ1) is 30.5. The molecule has 3 aliphatic heterocycles. The highest BCUT2D eigenvalue weighted by Crippen LogP contribution is 2.72. The molecule has 212 valence electrons. The zero-order valence-electron chi connectivity index (χ0n) is 21.4. The molecule has 3 rings (SSSR count). The molecule has 5 N–H and O–H groups in total. The highest BCUT2D eigenvalue weighted by molar-refractivity contribution is 7.72. The van der Waals surface area contributed by atoms with Gasteiger partial charge in [-0.15, -0.1) is 0 Å². The van der Waals surface area contributed by atoms with Crippen molar-refractivity contribution in [2.75, 3.05) is 39.7 Å². The minimum atomic E-state index is -4.12. The zero-order valence-corrected chi connectivity index (χ0v) is 23.2. The Morgan fingerprint density at radius 3 is 2.08 bits per heavy atom. The van der Waals surface area contributed by atoms with Gasteiger partial charge in [0, 0.05) is 6.42 Å². The molecule has 0 aromatic heterocycles. The van der Waals surface area contributed by atoms with Crippen LogP contribution in [0.15, 0.2) is 15.0 Å². The van der Waals surface area contributed by atoms with Crippen molar-refractivity contribution in [1.82, 2.24) is 4.90 Å². The SMILES string of the molecule is CCOP(=O)(OCC)C(CC1(N)N=CN=C2C1=NCN2[C@@H]1O[C@H](CO)[C@@H](O)[C@H]1O)P(=O)(OCC)OCC. The van der Waals surface area contributed by atoms with Crippen LogP contribution in [0.2, 0.25) is 0 Å². The minimum Gasteiger partial charge on any atom is -0.394 e. The highest BCUT2D eigenvalue weighted by atomic mass is 31.2. The number of rotatable bonds is 14. The van der Waals surface area contributed by atoms with E-state index in [9.17, 15) is 24.4 Å². The van der Waals surface area contributed by atoms with Crippen molar-refractivity contribution >= 4 is 33.1 Å². The maximum absolute atomic E-state index is 14.0. The number of nitrogens with zero attached hydrogens (tertiary/aromatic N) is 4. The van der Waals surface area contributed by atoms with Gasteiger partial charge in [0.2, 0.25) is 0 Å². The summed E-state index contributed by atoms with van der Waals surface area (Å²) in [5.74, 6) is 0.191. The van der Waals surface area contributed by atoms with Crippen LogP contribution < -0.4 is 5.73 Å². The van der Waals surface area contributed by atoms with Crippen LogP contribution >= 0.6 is 15.2 Å². The fraction of sp³-hybridized carbons (Fsp3) is 0.850. The zero-order chi connectivity index (χ0) is 27.4. The lowest BCUT2D eigenvalue weighted by Gasteiger charge is -2.37. The van der Waals surface area contributed by atoms with Crippen molar-refractivity contribution in [3.05, 3.63) is 0 Å². The lowest BCUT2D eigenvalue weighted by molar-refractivity contribution is -0.0688. The predicted octanol–water partition coefficient (Wildman–Crippen LogP) is 0.483. The van der Waals surface area contributed by atoms with Crippen LogP contribution in [0.1, 0.15) is 34.1 Å². The molecule has 3 aliphatic rings. The Labute approximate surface area is 215 Å². The van der Waals surface area contributed by atoms with Crippen LogP contribution in [0.4, 0.5) is 0 Å². The Kier molecular flexibility index (Phi) is 10.2. The molecule has 17 heteroatoms. The Morgan fingerprint density at radius 2 is 1.62 bits per heavy atom. The summed E-state index contributed by atoms with van der Waals surface area (Å²) in [7, 11) is -8.25. The van der Waals surface area contributed by atoms with E-state index in [-0.39, 0.29) is 51.1 Å². The van der Waals surface area contributed by atoms with E-state index in [0.717, 1.165) is 0 Å². The molecule has 3 heterocycles. The molecule has 0 bridgehead atoms. The van der Waals surface area contributed by atoms with Gasteiger partial charge >= 0.3 is 15.2 Å². The lowest BCUT2D eigenvalue weighted by Crippen LogP contribution is -2.56. The average Bonchev–Trinajstić information content (AvgIpc) is 3.40. The smallest absolute Gasteiger partial charge is 0.345 e. The fourth-order valence-corrected chi connectivity index (χ4v) is 9.90. The molecule has 0 aromatic rings. The Morgan fingerprint density at radius 1 is 1.08 bits per heavy atom. The number of aliphatic imine (C=N–C) groups is 3. The van der Waals surface area contributed by atoms with Gasteiger partial charge in [0.15, 0.2) is 23.1 Å². The largest absolute Gasteiger partial charge is 0.394 e. The lowest BCUT2D eigenvalue weighted by atomic mass is 10.00. The van der Waals surface area contributed by atoms with Crippen molar-refractivity contribution in [3.63, 3.8) is 0 Å². The van der Waals surface area contributed by atoms with Crippen LogP contribution in [-0.2, 0) is 32.0 Å². The number of aliphatic hydroxyl groups excluding tert-OH is 3. The van der Waals surface area contributed by atoms with Gasteiger partial charge in [0.05, 0.1) is 33.0 Å². The van der Waals surface area contributed by atoms with Crippen molar-refractivity contribution < 1.29 is 47.3 Å². The molecular weight excluding hydrogens is 532 g/mol. The molecule has 0 radical (unpaired) electrons. The molecule has 0 aromatic carbocycles. The Bertz CT molecular complexity index is 947. The summed E-state index contributed by atoms with van der Waals surface area (Å²) in [6.07, 6.45) is -3.95.